The van der Waals surface area contributed by atoms with Crippen LogP contribution in [0.1, 0.15) is 122 Å². The first-order chi connectivity index (χ1) is 24.4. The Kier molecular flexibility index (Phi) is 9.85. The highest BCUT2D eigenvalue weighted by Gasteiger charge is 2.70. The summed E-state index contributed by atoms with van der Waals surface area (Å²) in [6.07, 6.45) is 15.3. The molecule has 6 nitrogen and oxygen atoms in total. The lowest BCUT2D eigenvalue weighted by atomic mass is 9.32. The Bertz CT molecular complexity index is 1690. The summed E-state index contributed by atoms with van der Waals surface area (Å²) >= 11 is 0. The summed E-state index contributed by atoms with van der Waals surface area (Å²) in [5, 5.41) is 9.51. The molecular formula is C45H68N2O4S. The topological polar surface area (TPSA) is 77.9 Å². The molecule has 1 aromatic rings. The van der Waals surface area contributed by atoms with Crippen molar-refractivity contribution in [2.45, 2.75) is 106 Å². The average Bonchev–Trinajstić information content (AvgIpc) is 3.45. The third kappa shape index (κ3) is 6.10. The smallest absolute Gasteiger partial charge is 0.335 e. The number of benzene rings is 1. The van der Waals surface area contributed by atoms with Gasteiger partial charge >= 0.3 is 5.97 Å². The molecule has 1 aromatic carbocycles. The van der Waals surface area contributed by atoms with E-state index in [2.05, 4.69) is 71.0 Å². The molecule has 0 aromatic heterocycles. The Morgan fingerprint density at radius 2 is 1.62 bits per heavy atom. The van der Waals surface area contributed by atoms with Gasteiger partial charge in [-0.3, -0.25) is 0 Å². The molecule has 6 aliphatic rings. The molecule has 1 saturated heterocycles. The van der Waals surface area contributed by atoms with E-state index in [0.717, 1.165) is 31.8 Å². The van der Waals surface area contributed by atoms with Crippen LogP contribution in [0.2, 0.25) is 0 Å². The van der Waals surface area contributed by atoms with Gasteiger partial charge in [-0.1, -0.05) is 65.0 Å². The highest BCUT2D eigenvalue weighted by atomic mass is 32.2. The van der Waals surface area contributed by atoms with E-state index in [-0.39, 0.29) is 10.8 Å². The number of carboxylic acids is 1. The summed E-state index contributed by atoms with van der Waals surface area (Å²) < 4.78 is 23.9. The van der Waals surface area contributed by atoms with Crippen molar-refractivity contribution in [3.05, 3.63) is 53.6 Å². The van der Waals surface area contributed by atoms with Crippen molar-refractivity contribution < 1.29 is 18.3 Å². The number of rotatable bonds is 9. The zero-order valence-corrected chi connectivity index (χ0v) is 34.3. The third-order valence-corrected chi connectivity index (χ3v) is 18.9. The maximum atomic E-state index is 11.9. The Labute approximate surface area is 315 Å². The molecule has 0 bridgehead atoms. The monoisotopic (exact) mass is 732 g/mol. The van der Waals surface area contributed by atoms with Crippen molar-refractivity contribution >= 4 is 21.4 Å². The second-order valence-electron chi connectivity index (χ2n) is 20.1. The number of sulfone groups is 1. The van der Waals surface area contributed by atoms with E-state index in [1.165, 1.54) is 74.6 Å². The molecule has 0 spiro atoms. The minimum absolute atomic E-state index is 0.0192. The largest absolute Gasteiger partial charge is 0.478 e. The number of hydrogen-bond donors (Lipinski definition) is 1. The zero-order valence-electron chi connectivity index (χ0n) is 33.5. The molecule has 288 valence electrons. The highest BCUT2D eigenvalue weighted by Crippen LogP contribution is 2.77. The lowest BCUT2D eigenvalue weighted by molar-refractivity contribution is -0.226. The van der Waals surface area contributed by atoms with Crippen LogP contribution in [0.4, 0.5) is 0 Å². The first-order valence-corrected chi connectivity index (χ1v) is 22.5. The first kappa shape index (κ1) is 38.3. The molecule has 0 unspecified atom stereocenters. The number of allylic oxidation sites excluding steroid dienone is 3. The van der Waals surface area contributed by atoms with Crippen molar-refractivity contribution in [3.63, 3.8) is 0 Å². The predicted molar refractivity (Wildman–Crippen MR) is 213 cm³/mol. The third-order valence-electron chi connectivity index (χ3n) is 17.3. The Morgan fingerprint density at radius 3 is 2.27 bits per heavy atom. The summed E-state index contributed by atoms with van der Waals surface area (Å²) in [7, 11) is -0.485. The van der Waals surface area contributed by atoms with Crippen LogP contribution in [-0.4, -0.2) is 80.6 Å². The maximum absolute atomic E-state index is 11.9. The van der Waals surface area contributed by atoms with Gasteiger partial charge < -0.3 is 14.9 Å². The van der Waals surface area contributed by atoms with E-state index in [1.54, 1.807) is 12.1 Å². The number of carbonyl (C=O) groups is 1. The lowest BCUT2D eigenvalue weighted by Gasteiger charge is -2.72. The summed E-state index contributed by atoms with van der Waals surface area (Å²) in [5.41, 5.74) is 5.58. The molecular weight excluding hydrogens is 665 g/mol. The normalized spacial score (nSPS) is 40.9. The van der Waals surface area contributed by atoms with Crippen LogP contribution in [0.5, 0.6) is 0 Å². The molecule has 7 heteroatoms. The van der Waals surface area contributed by atoms with Crippen molar-refractivity contribution in [1.29, 1.82) is 0 Å². The molecule has 5 fully saturated rings. The van der Waals surface area contributed by atoms with E-state index in [0.29, 0.717) is 70.1 Å². The number of fused-ring (bicyclic) bond motifs is 7. The molecule has 0 amide bonds. The fourth-order valence-electron chi connectivity index (χ4n) is 14.6. The zero-order chi connectivity index (χ0) is 37.5. The van der Waals surface area contributed by atoms with E-state index in [4.69, 9.17) is 0 Å². The molecule has 4 saturated carbocycles. The quantitative estimate of drug-likeness (QED) is 0.256. The predicted octanol–water partition coefficient (Wildman–Crippen LogP) is 9.09. The van der Waals surface area contributed by atoms with E-state index in [1.807, 2.05) is 12.1 Å². The van der Waals surface area contributed by atoms with Gasteiger partial charge in [0.2, 0.25) is 0 Å². The maximum Gasteiger partial charge on any atom is 0.335 e. The fraction of sp³-hybridized carbons (Fsp3) is 0.756. The number of nitrogens with zero attached hydrogens (tertiary/aromatic N) is 2. The Balaban J connectivity index is 1.11. The van der Waals surface area contributed by atoms with Gasteiger partial charge in [0.15, 0.2) is 9.84 Å². The molecule has 9 atom stereocenters. The molecule has 1 aliphatic heterocycles. The molecule has 7 rings (SSSR count). The molecule has 5 aliphatic carbocycles. The van der Waals surface area contributed by atoms with Crippen molar-refractivity contribution in [1.82, 2.24) is 9.80 Å². The second-order valence-corrected chi connectivity index (χ2v) is 22.4. The van der Waals surface area contributed by atoms with Crippen LogP contribution in [0, 0.1) is 56.7 Å². The molecule has 1 heterocycles. The lowest BCUT2D eigenvalue weighted by Crippen LogP contribution is -2.65. The fourth-order valence-corrected chi connectivity index (χ4v) is 15.9. The van der Waals surface area contributed by atoms with Gasteiger partial charge in [-0.25, -0.2) is 13.2 Å². The van der Waals surface area contributed by atoms with Gasteiger partial charge in [0.25, 0.3) is 0 Å². The van der Waals surface area contributed by atoms with Gasteiger partial charge in [-0.2, -0.15) is 0 Å². The minimum atomic E-state index is -2.83. The van der Waals surface area contributed by atoms with Gasteiger partial charge in [0.1, 0.15) is 0 Å². The number of carboxylic acid groups (broad SMARTS) is 1. The number of hydrogen-bond acceptors (Lipinski definition) is 5. The molecule has 52 heavy (non-hydrogen) atoms. The SMILES string of the molecule is C=C(C)[C@@H]1CC[C@]2(CN(C)CCCN3CCS(=O)(=O)CC3)CC[C@]3(C)[C@H](CC[C@@H]4[C@@]5(C)CC=C(c6ccc(C(=O)O)cc6)C(C)(C)[C@@H]5CC[C@]43C)[C@@H]12. The van der Waals surface area contributed by atoms with Crippen molar-refractivity contribution in [2.75, 3.05) is 51.3 Å². The van der Waals surface area contributed by atoms with Gasteiger partial charge in [-0.15, -0.1) is 0 Å². The van der Waals surface area contributed by atoms with Crippen LogP contribution in [0.15, 0.2) is 42.5 Å². The first-order valence-electron chi connectivity index (χ1n) is 20.7. The van der Waals surface area contributed by atoms with Crippen LogP contribution in [0.25, 0.3) is 5.57 Å². The minimum Gasteiger partial charge on any atom is -0.478 e. The number of aromatic carboxylic acids is 1. The summed E-state index contributed by atoms with van der Waals surface area (Å²) in [4.78, 5) is 16.6. The van der Waals surface area contributed by atoms with Crippen LogP contribution >= 0.6 is 0 Å². The summed E-state index contributed by atoms with van der Waals surface area (Å²) in [6, 6.07) is 7.62. The van der Waals surface area contributed by atoms with Gasteiger partial charge in [0, 0.05) is 19.6 Å². The van der Waals surface area contributed by atoms with Gasteiger partial charge in [0.05, 0.1) is 17.1 Å². The summed E-state index contributed by atoms with van der Waals surface area (Å²) in [5.74, 6) is 3.10. The van der Waals surface area contributed by atoms with E-state index < -0.39 is 15.8 Å². The van der Waals surface area contributed by atoms with Crippen LogP contribution < -0.4 is 0 Å². The highest BCUT2D eigenvalue weighted by molar-refractivity contribution is 7.91. The molecule has 0 radical (unpaired) electrons. The van der Waals surface area contributed by atoms with Crippen molar-refractivity contribution in [3.8, 4) is 0 Å². The van der Waals surface area contributed by atoms with Gasteiger partial charge in [-0.05, 0) is 171 Å². The van der Waals surface area contributed by atoms with Crippen molar-refractivity contribution in [2.24, 2.45) is 56.7 Å². The average molecular weight is 733 g/mol. The van der Waals surface area contributed by atoms with E-state index >= 15 is 0 Å². The molecule has 1 N–H and O–H groups in total. The Hall–Kier alpha value is -1.96. The van der Waals surface area contributed by atoms with E-state index in [9.17, 15) is 18.3 Å². The van der Waals surface area contributed by atoms with Crippen LogP contribution in [-0.2, 0) is 9.84 Å². The van der Waals surface area contributed by atoms with Crippen LogP contribution in [0.3, 0.4) is 0 Å². The standard InChI is InChI=1S/C45H68N2O4S/c1-31(2)34-16-21-45(30-46(8)24-9-25-47-26-28-52(50,51)29-27-47)23-22-43(6)36(39(34)45)14-15-38-42(5)19-17-35(32-10-12-33(13-11-32)40(48)49)41(3,4)37(42)18-20-44(38,43)7/h10-13,17,34,36-39H,1,9,14-16,18-30H2,2-8H3,(H,48,49)/t34-,36+,37-,38+,39+,42-,43+,44+,45+/m0/s1. The Morgan fingerprint density at radius 1 is 0.923 bits per heavy atom. The second kappa shape index (κ2) is 13.4. The summed E-state index contributed by atoms with van der Waals surface area (Å²) in [6.45, 7) is 24.7.